The van der Waals surface area contributed by atoms with E-state index in [4.69, 9.17) is 23.2 Å². The Bertz CT molecular complexity index is 643. The molecule has 1 aromatic carbocycles. The Morgan fingerprint density at radius 3 is 2.59 bits per heavy atom. The average molecular weight is 413 g/mol. The molecular weight excluding hydrogens is 383 g/mol. The molecule has 1 saturated carbocycles. The third-order valence-corrected chi connectivity index (χ3v) is 6.63. The summed E-state index contributed by atoms with van der Waals surface area (Å²) in [6.45, 7) is 5.71. The first-order chi connectivity index (χ1) is 13.0. The molecule has 0 bridgehead atoms. The van der Waals surface area contributed by atoms with Crippen LogP contribution in [-0.4, -0.2) is 56.2 Å². The van der Waals surface area contributed by atoms with Crippen molar-refractivity contribution in [2.45, 2.75) is 44.7 Å². The summed E-state index contributed by atoms with van der Waals surface area (Å²) in [7, 11) is 2.22. The summed E-state index contributed by atoms with van der Waals surface area (Å²) in [6, 6.07) is 6.66. The van der Waals surface area contributed by atoms with E-state index in [0.29, 0.717) is 34.6 Å². The van der Waals surface area contributed by atoms with Gasteiger partial charge in [-0.15, -0.1) is 0 Å². The molecule has 27 heavy (non-hydrogen) atoms. The molecule has 0 aromatic heterocycles. The van der Waals surface area contributed by atoms with Crippen molar-refractivity contribution >= 4 is 34.9 Å². The fraction of sp³-hybridized carbons (Fsp3) is 0.650. The molecule has 1 saturated heterocycles. The van der Waals surface area contributed by atoms with E-state index in [2.05, 4.69) is 27.5 Å². The third-order valence-electron chi connectivity index (χ3n) is 5.82. The number of carbonyl (C=O) groups is 1. The Morgan fingerprint density at radius 2 is 1.93 bits per heavy atom. The van der Waals surface area contributed by atoms with Gasteiger partial charge in [-0.05, 0) is 57.7 Å². The van der Waals surface area contributed by atoms with Crippen LogP contribution in [0.3, 0.4) is 0 Å². The number of rotatable bonds is 6. The van der Waals surface area contributed by atoms with Crippen LogP contribution in [0.25, 0.3) is 0 Å². The molecule has 0 atom stereocenters. The van der Waals surface area contributed by atoms with Gasteiger partial charge in [0.1, 0.15) is 0 Å². The van der Waals surface area contributed by atoms with Crippen molar-refractivity contribution in [3.8, 4) is 0 Å². The molecule has 1 aliphatic heterocycles. The zero-order chi connectivity index (χ0) is 19.4. The summed E-state index contributed by atoms with van der Waals surface area (Å²) >= 11 is 12.5. The number of hydrogen-bond acceptors (Lipinski definition) is 3. The summed E-state index contributed by atoms with van der Waals surface area (Å²) in [4.78, 5) is 16.4. The second kappa shape index (κ2) is 9.35. The fourth-order valence-corrected chi connectivity index (χ4v) is 4.53. The van der Waals surface area contributed by atoms with Crippen LogP contribution < -0.4 is 15.5 Å². The number of likely N-dealkylation sites (N-methyl/N-ethyl adjacent to an activating group) is 1. The van der Waals surface area contributed by atoms with E-state index in [1.54, 1.807) is 0 Å². The molecule has 150 valence electrons. The number of hydrogen-bond donors (Lipinski definition) is 2. The van der Waals surface area contributed by atoms with Crippen LogP contribution >= 0.6 is 23.2 Å². The number of carbonyl (C=O) groups excluding carboxylic acids is 1. The predicted molar refractivity (Wildman–Crippen MR) is 113 cm³/mol. The fourth-order valence-electron chi connectivity index (χ4n) is 4.11. The molecule has 2 N–H and O–H groups in total. The molecule has 0 unspecified atom stereocenters. The molecule has 5 nitrogen and oxygen atoms in total. The number of anilines is 1. The van der Waals surface area contributed by atoms with Crippen LogP contribution in [0.2, 0.25) is 10.0 Å². The lowest BCUT2D eigenvalue weighted by Gasteiger charge is -2.47. The topological polar surface area (TPSA) is 47.6 Å². The standard InChI is InChI=1S/C20H30Cl2N4O/c1-3-23-20(27)24-15-9-7-14(8-10-15)11-25(2)16-12-26(13-16)18-6-4-5-17(21)19(18)22/h4-6,14-16H,3,7-13H2,1-2H3,(H2,23,24,27)/t14-,15-. The van der Waals surface area contributed by atoms with Gasteiger partial charge in [0, 0.05) is 38.3 Å². The van der Waals surface area contributed by atoms with Crippen molar-refractivity contribution in [2.24, 2.45) is 5.92 Å². The first-order valence-corrected chi connectivity index (χ1v) is 10.7. The van der Waals surface area contributed by atoms with E-state index in [0.717, 1.165) is 38.2 Å². The maximum Gasteiger partial charge on any atom is 0.314 e. The van der Waals surface area contributed by atoms with E-state index >= 15 is 0 Å². The van der Waals surface area contributed by atoms with Gasteiger partial charge in [0.2, 0.25) is 0 Å². The lowest BCUT2D eigenvalue weighted by molar-refractivity contribution is 0.151. The summed E-state index contributed by atoms with van der Waals surface area (Å²) in [5.74, 6) is 0.714. The molecule has 2 aliphatic rings. The normalized spacial score (nSPS) is 23.2. The second-order valence-corrected chi connectivity index (χ2v) is 8.58. The monoisotopic (exact) mass is 412 g/mol. The van der Waals surface area contributed by atoms with Gasteiger partial charge in [0.05, 0.1) is 15.7 Å². The minimum absolute atomic E-state index is 0.0349. The highest BCUT2D eigenvalue weighted by molar-refractivity contribution is 6.43. The number of benzene rings is 1. The minimum Gasteiger partial charge on any atom is -0.367 e. The van der Waals surface area contributed by atoms with Gasteiger partial charge >= 0.3 is 6.03 Å². The summed E-state index contributed by atoms with van der Waals surface area (Å²) in [6.07, 6.45) is 4.51. The third kappa shape index (κ3) is 5.21. The lowest BCUT2D eigenvalue weighted by Crippen LogP contribution is -2.59. The molecule has 0 radical (unpaired) electrons. The second-order valence-electron chi connectivity index (χ2n) is 7.79. The Balaban J connectivity index is 1.39. The van der Waals surface area contributed by atoms with Gasteiger partial charge in [-0.2, -0.15) is 0 Å². The lowest BCUT2D eigenvalue weighted by atomic mass is 9.85. The quantitative estimate of drug-likeness (QED) is 0.742. The Hall–Kier alpha value is -1.17. The number of nitrogens with one attached hydrogen (secondary N) is 2. The molecule has 1 aliphatic carbocycles. The van der Waals surface area contributed by atoms with Crippen LogP contribution in [0.4, 0.5) is 10.5 Å². The van der Waals surface area contributed by atoms with Crippen molar-refractivity contribution in [2.75, 3.05) is 38.1 Å². The van der Waals surface area contributed by atoms with Crippen LogP contribution in [0.15, 0.2) is 18.2 Å². The highest BCUT2D eigenvalue weighted by Gasteiger charge is 2.33. The minimum atomic E-state index is -0.0349. The first kappa shape index (κ1) is 20.6. The van der Waals surface area contributed by atoms with E-state index in [-0.39, 0.29) is 6.03 Å². The maximum atomic E-state index is 11.6. The molecule has 1 aromatic rings. The average Bonchev–Trinajstić information content (AvgIpc) is 2.59. The SMILES string of the molecule is CCNC(=O)N[C@H]1CC[C@H](CN(C)C2CN(c3cccc(Cl)c3Cl)C2)CC1. The van der Waals surface area contributed by atoms with Crippen LogP contribution in [-0.2, 0) is 0 Å². The molecular formula is C20H30Cl2N4O. The smallest absolute Gasteiger partial charge is 0.314 e. The zero-order valence-electron chi connectivity index (χ0n) is 16.2. The highest BCUT2D eigenvalue weighted by atomic mass is 35.5. The Labute approximate surface area is 172 Å². The largest absolute Gasteiger partial charge is 0.367 e. The van der Waals surface area contributed by atoms with Gasteiger partial charge in [0.25, 0.3) is 0 Å². The van der Waals surface area contributed by atoms with Gasteiger partial charge < -0.3 is 15.5 Å². The van der Waals surface area contributed by atoms with Crippen molar-refractivity contribution in [3.05, 3.63) is 28.2 Å². The van der Waals surface area contributed by atoms with Crippen LogP contribution in [0.5, 0.6) is 0 Å². The van der Waals surface area contributed by atoms with E-state index < -0.39 is 0 Å². The van der Waals surface area contributed by atoms with E-state index in [1.165, 1.54) is 12.8 Å². The van der Waals surface area contributed by atoms with Gasteiger partial charge in [-0.3, -0.25) is 4.90 Å². The summed E-state index contributed by atoms with van der Waals surface area (Å²) in [5, 5.41) is 7.16. The molecule has 0 spiro atoms. The molecule has 1 heterocycles. The first-order valence-electron chi connectivity index (χ1n) is 9.91. The molecule has 3 rings (SSSR count). The van der Waals surface area contributed by atoms with Crippen molar-refractivity contribution in [1.82, 2.24) is 15.5 Å². The predicted octanol–water partition coefficient (Wildman–Crippen LogP) is 3.99. The van der Waals surface area contributed by atoms with Gasteiger partial charge in [0.15, 0.2) is 0 Å². The van der Waals surface area contributed by atoms with Crippen molar-refractivity contribution < 1.29 is 4.79 Å². The van der Waals surface area contributed by atoms with E-state index in [1.807, 2.05) is 25.1 Å². The molecule has 7 heteroatoms. The Morgan fingerprint density at radius 1 is 1.22 bits per heavy atom. The molecule has 2 amide bonds. The van der Waals surface area contributed by atoms with Gasteiger partial charge in [-0.1, -0.05) is 29.3 Å². The Kier molecular flexibility index (Phi) is 7.12. The summed E-state index contributed by atoms with van der Waals surface area (Å²) < 4.78 is 0. The number of halogens is 2. The highest BCUT2D eigenvalue weighted by Crippen LogP contribution is 2.35. The van der Waals surface area contributed by atoms with Gasteiger partial charge in [-0.25, -0.2) is 4.79 Å². The van der Waals surface area contributed by atoms with Crippen LogP contribution in [0.1, 0.15) is 32.6 Å². The number of amides is 2. The van der Waals surface area contributed by atoms with Crippen molar-refractivity contribution in [3.63, 3.8) is 0 Å². The van der Waals surface area contributed by atoms with Crippen LogP contribution in [0, 0.1) is 5.92 Å². The summed E-state index contributed by atoms with van der Waals surface area (Å²) in [5.41, 5.74) is 1.03. The van der Waals surface area contributed by atoms with Crippen molar-refractivity contribution in [1.29, 1.82) is 0 Å². The molecule has 2 fully saturated rings. The maximum absolute atomic E-state index is 11.6. The zero-order valence-corrected chi connectivity index (χ0v) is 17.7. The number of nitrogens with zero attached hydrogens (tertiary/aromatic N) is 2. The van der Waals surface area contributed by atoms with E-state index in [9.17, 15) is 4.79 Å². The number of urea groups is 1.